The Morgan fingerprint density at radius 3 is 2.32 bits per heavy atom. The minimum atomic E-state index is -4.43. The van der Waals surface area contributed by atoms with Gasteiger partial charge in [-0.15, -0.1) is 0 Å². The van der Waals surface area contributed by atoms with Crippen LogP contribution in [0.1, 0.15) is 5.56 Å². The van der Waals surface area contributed by atoms with Gasteiger partial charge in [-0.05, 0) is 64.5 Å². The van der Waals surface area contributed by atoms with E-state index in [4.69, 9.17) is 4.74 Å². The van der Waals surface area contributed by atoms with E-state index < -0.39 is 11.7 Å². The van der Waals surface area contributed by atoms with Crippen LogP contribution in [0.5, 0.6) is 11.5 Å². The number of imidazole rings is 1. The Balaban J connectivity index is 1.54. The highest BCUT2D eigenvalue weighted by molar-refractivity contribution is 9.10. The van der Waals surface area contributed by atoms with Crippen molar-refractivity contribution in [3.8, 4) is 11.5 Å². The SMILES string of the molecule is FC(F)(F)c1cc(Br)c2nc(Nc3ccc(Oc4ccncc4)cc3)[nH]c2c1. The molecule has 9 heteroatoms. The molecule has 0 aliphatic rings. The number of hydrogen-bond donors (Lipinski definition) is 2. The van der Waals surface area contributed by atoms with Crippen molar-refractivity contribution in [2.75, 3.05) is 5.32 Å². The molecule has 0 radical (unpaired) electrons. The number of aromatic amines is 1. The van der Waals surface area contributed by atoms with Gasteiger partial charge < -0.3 is 15.0 Å². The lowest BCUT2D eigenvalue weighted by molar-refractivity contribution is -0.137. The number of benzene rings is 2. The van der Waals surface area contributed by atoms with Crippen LogP contribution >= 0.6 is 15.9 Å². The predicted molar refractivity (Wildman–Crippen MR) is 103 cm³/mol. The van der Waals surface area contributed by atoms with E-state index in [-0.39, 0.29) is 9.99 Å². The van der Waals surface area contributed by atoms with E-state index in [1.165, 1.54) is 0 Å². The number of H-pyrrole nitrogens is 1. The lowest BCUT2D eigenvalue weighted by Crippen LogP contribution is -2.04. The van der Waals surface area contributed by atoms with Gasteiger partial charge >= 0.3 is 6.18 Å². The third kappa shape index (κ3) is 3.94. The fraction of sp³-hybridized carbons (Fsp3) is 0.0526. The number of anilines is 2. The maximum absolute atomic E-state index is 13.0. The van der Waals surface area contributed by atoms with Crippen molar-refractivity contribution in [3.05, 3.63) is 71.0 Å². The van der Waals surface area contributed by atoms with Gasteiger partial charge in [-0.2, -0.15) is 13.2 Å². The fourth-order valence-corrected chi connectivity index (χ4v) is 3.13. The summed E-state index contributed by atoms with van der Waals surface area (Å²) >= 11 is 3.15. The first-order valence-electron chi connectivity index (χ1n) is 8.10. The van der Waals surface area contributed by atoms with Crippen molar-refractivity contribution in [2.45, 2.75) is 6.18 Å². The van der Waals surface area contributed by atoms with Gasteiger partial charge in [0.2, 0.25) is 5.95 Å². The largest absolute Gasteiger partial charge is 0.457 e. The molecule has 4 aromatic rings. The average Bonchev–Trinajstić information content (AvgIpc) is 3.07. The number of rotatable bonds is 4. The predicted octanol–water partition coefficient (Wildman–Crippen LogP) is 6.28. The fourth-order valence-electron chi connectivity index (χ4n) is 2.58. The molecule has 4 rings (SSSR count). The Labute approximate surface area is 165 Å². The van der Waals surface area contributed by atoms with E-state index in [1.54, 1.807) is 48.8 Å². The molecule has 2 aromatic heterocycles. The van der Waals surface area contributed by atoms with Crippen molar-refractivity contribution >= 4 is 38.6 Å². The van der Waals surface area contributed by atoms with Crippen LogP contribution in [0.3, 0.4) is 0 Å². The zero-order valence-electron chi connectivity index (χ0n) is 14.1. The standard InChI is InChI=1S/C19H12BrF3N4O/c20-15-9-11(19(21,22)23)10-16-17(15)27-18(26-16)25-12-1-3-13(4-2-12)28-14-5-7-24-8-6-14/h1-10H,(H2,25,26,27). The summed E-state index contributed by atoms with van der Waals surface area (Å²) in [4.78, 5) is 11.1. The van der Waals surface area contributed by atoms with E-state index in [9.17, 15) is 13.2 Å². The molecular formula is C19H12BrF3N4O. The van der Waals surface area contributed by atoms with Crippen LogP contribution in [-0.2, 0) is 6.18 Å². The van der Waals surface area contributed by atoms with Crippen molar-refractivity contribution in [1.82, 2.24) is 15.0 Å². The second-order valence-corrected chi connectivity index (χ2v) is 6.73. The third-order valence-corrected chi connectivity index (χ3v) is 4.47. The van der Waals surface area contributed by atoms with Crippen molar-refractivity contribution < 1.29 is 17.9 Å². The molecule has 142 valence electrons. The summed E-state index contributed by atoms with van der Waals surface area (Å²) in [7, 11) is 0. The molecule has 0 aliphatic heterocycles. The summed E-state index contributed by atoms with van der Waals surface area (Å²) in [5, 5.41) is 3.04. The number of nitrogens with zero attached hydrogens (tertiary/aromatic N) is 2. The lowest BCUT2D eigenvalue weighted by atomic mass is 10.2. The molecule has 0 spiro atoms. The van der Waals surface area contributed by atoms with E-state index in [1.807, 2.05) is 0 Å². The first kappa shape index (κ1) is 18.3. The van der Waals surface area contributed by atoms with Crippen molar-refractivity contribution in [3.63, 3.8) is 0 Å². The van der Waals surface area contributed by atoms with Gasteiger partial charge in [0.15, 0.2) is 0 Å². The second kappa shape index (κ2) is 7.16. The zero-order chi connectivity index (χ0) is 19.7. The number of alkyl halides is 3. The molecule has 0 saturated heterocycles. The highest BCUT2D eigenvalue weighted by Crippen LogP contribution is 2.35. The number of halogens is 4. The molecular weight excluding hydrogens is 437 g/mol. The monoisotopic (exact) mass is 448 g/mol. The zero-order valence-corrected chi connectivity index (χ0v) is 15.7. The molecule has 0 bridgehead atoms. The number of ether oxygens (including phenoxy) is 1. The molecule has 0 fully saturated rings. The van der Waals surface area contributed by atoms with Crippen LogP contribution in [0.15, 0.2) is 65.4 Å². The van der Waals surface area contributed by atoms with Gasteiger partial charge in [0.05, 0.1) is 11.1 Å². The van der Waals surface area contributed by atoms with Crippen LogP contribution in [-0.4, -0.2) is 15.0 Å². The minimum absolute atomic E-state index is 0.266. The lowest BCUT2D eigenvalue weighted by Gasteiger charge is -2.07. The van der Waals surface area contributed by atoms with Crippen LogP contribution in [0.25, 0.3) is 11.0 Å². The molecule has 0 unspecified atom stereocenters. The smallest absolute Gasteiger partial charge is 0.416 e. The van der Waals surface area contributed by atoms with Gasteiger partial charge in [0, 0.05) is 22.6 Å². The average molecular weight is 449 g/mol. The summed E-state index contributed by atoms with van der Waals surface area (Å²) in [6.45, 7) is 0. The number of pyridine rings is 1. The summed E-state index contributed by atoms with van der Waals surface area (Å²) in [5.74, 6) is 1.63. The van der Waals surface area contributed by atoms with E-state index in [0.29, 0.717) is 28.7 Å². The Morgan fingerprint density at radius 1 is 0.964 bits per heavy atom. The van der Waals surface area contributed by atoms with Crippen LogP contribution in [0.4, 0.5) is 24.8 Å². The third-order valence-electron chi connectivity index (χ3n) is 3.87. The van der Waals surface area contributed by atoms with Gasteiger partial charge in [-0.3, -0.25) is 4.98 Å². The molecule has 0 saturated carbocycles. The van der Waals surface area contributed by atoms with Crippen LogP contribution in [0, 0.1) is 0 Å². The molecule has 5 nitrogen and oxygen atoms in total. The molecule has 0 aliphatic carbocycles. The molecule has 0 atom stereocenters. The highest BCUT2D eigenvalue weighted by atomic mass is 79.9. The topological polar surface area (TPSA) is 62.8 Å². The van der Waals surface area contributed by atoms with Crippen molar-refractivity contribution in [1.29, 1.82) is 0 Å². The highest BCUT2D eigenvalue weighted by Gasteiger charge is 2.31. The quantitative estimate of drug-likeness (QED) is 0.385. The number of hydrogen-bond acceptors (Lipinski definition) is 4. The van der Waals surface area contributed by atoms with Crippen LogP contribution < -0.4 is 10.1 Å². The molecule has 2 N–H and O–H groups in total. The van der Waals surface area contributed by atoms with Crippen LogP contribution in [0.2, 0.25) is 0 Å². The maximum Gasteiger partial charge on any atom is 0.416 e. The molecule has 2 heterocycles. The first-order valence-corrected chi connectivity index (χ1v) is 8.89. The summed E-state index contributed by atoms with van der Waals surface area (Å²) in [5.41, 5.74) is 0.642. The number of fused-ring (bicyclic) bond motifs is 1. The summed E-state index contributed by atoms with van der Waals surface area (Å²) in [6, 6.07) is 12.6. The number of aromatic nitrogens is 3. The van der Waals surface area contributed by atoms with E-state index >= 15 is 0 Å². The van der Waals surface area contributed by atoms with Gasteiger partial charge in [0.25, 0.3) is 0 Å². The van der Waals surface area contributed by atoms with Gasteiger partial charge in [-0.1, -0.05) is 0 Å². The van der Waals surface area contributed by atoms with E-state index in [0.717, 1.165) is 12.1 Å². The summed E-state index contributed by atoms with van der Waals surface area (Å²) < 4.78 is 44.8. The maximum atomic E-state index is 13.0. The number of nitrogens with one attached hydrogen (secondary N) is 2. The normalized spacial score (nSPS) is 11.6. The van der Waals surface area contributed by atoms with E-state index in [2.05, 4.69) is 36.2 Å². The Hall–Kier alpha value is -3.07. The molecule has 2 aromatic carbocycles. The van der Waals surface area contributed by atoms with Crippen molar-refractivity contribution in [2.24, 2.45) is 0 Å². The first-order chi connectivity index (χ1) is 13.4. The summed E-state index contributed by atoms with van der Waals surface area (Å²) in [6.07, 6.45) is -1.16. The van der Waals surface area contributed by atoms with Gasteiger partial charge in [0.1, 0.15) is 17.0 Å². The molecule has 28 heavy (non-hydrogen) atoms. The molecule has 0 amide bonds. The Bertz CT molecular complexity index is 1110. The van der Waals surface area contributed by atoms with Gasteiger partial charge in [-0.25, -0.2) is 4.98 Å². The Kier molecular flexibility index (Phi) is 4.68. The minimum Gasteiger partial charge on any atom is -0.457 e. The Morgan fingerprint density at radius 2 is 1.64 bits per heavy atom. The second-order valence-electron chi connectivity index (χ2n) is 5.87.